The van der Waals surface area contributed by atoms with Crippen molar-refractivity contribution in [3.8, 4) is 0 Å². The summed E-state index contributed by atoms with van der Waals surface area (Å²) in [5, 5.41) is 16.6. The summed E-state index contributed by atoms with van der Waals surface area (Å²) in [5.41, 5.74) is -0.382. The first-order chi connectivity index (χ1) is 12.5. The number of carbonyl (C=O) groups excluding carboxylic acids is 1. The summed E-state index contributed by atoms with van der Waals surface area (Å²) in [6, 6.07) is 1.82. The Labute approximate surface area is 153 Å². The highest BCUT2D eigenvalue weighted by Gasteiger charge is 2.30. The molecule has 2 aliphatic rings. The molecule has 3 N–H and O–H groups in total. The van der Waals surface area contributed by atoms with Crippen molar-refractivity contribution >= 4 is 5.91 Å². The fourth-order valence-electron chi connectivity index (χ4n) is 3.70. The van der Waals surface area contributed by atoms with Gasteiger partial charge in [-0.25, -0.2) is 0 Å². The van der Waals surface area contributed by atoms with Crippen LogP contribution in [0.4, 0.5) is 0 Å². The molecule has 1 amide bonds. The molecule has 2 saturated heterocycles. The van der Waals surface area contributed by atoms with Gasteiger partial charge >= 0.3 is 0 Å². The molecule has 2 fully saturated rings. The third kappa shape index (κ3) is 4.52. The van der Waals surface area contributed by atoms with Crippen LogP contribution in [0, 0.1) is 12.8 Å². The van der Waals surface area contributed by atoms with E-state index in [1.807, 2.05) is 6.07 Å². The van der Waals surface area contributed by atoms with Crippen molar-refractivity contribution in [2.24, 2.45) is 5.92 Å². The van der Waals surface area contributed by atoms with Crippen molar-refractivity contribution < 1.29 is 14.6 Å². The second-order valence-electron chi connectivity index (χ2n) is 7.56. The van der Waals surface area contributed by atoms with Gasteiger partial charge in [-0.3, -0.25) is 9.59 Å². The summed E-state index contributed by atoms with van der Waals surface area (Å²) in [6.07, 6.45) is 4.94. The maximum absolute atomic E-state index is 12.8. The largest absolute Gasteiger partial charge is 0.388 e. The van der Waals surface area contributed by atoms with Crippen LogP contribution in [0.1, 0.15) is 41.6 Å². The Morgan fingerprint density at radius 1 is 1.46 bits per heavy atom. The zero-order valence-corrected chi connectivity index (χ0v) is 15.4. The van der Waals surface area contributed by atoms with Crippen LogP contribution in [0.2, 0.25) is 0 Å². The third-order valence-electron chi connectivity index (χ3n) is 5.46. The molecule has 0 spiro atoms. The minimum absolute atomic E-state index is 0.134. The summed E-state index contributed by atoms with van der Waals surface area (Å²) in [6.45, 7) is 5.42. The Hall–Kier alpha value is -1.70. The first-order valence-electron chi connectivity index (χ1n) is 9.48. The monoisotopic (exact) mass is 363 g/mol. The first kappa shape index (κ1) is 19.1. The van der Waals surface area contributed by atoms with Crippen LogP contribution in [-0.2, 0) is 11.3 Å². The molecular weight excluding hydrogens is 334 g/mol. The molecule has 1 unspecified atom stereocenters. The van der Waals surface area contributed by atoms with E-state index in [9.17, 15) is 14.7 Å². The van der Waals surface area contributed by atoms with Crippen molar-refractivity contribution in [2.45, 2.75) is 44.8 Å². The summed E-state index contributed by atoms with van der Waals surface area (Å²) in [5.74, 6) is -0.00782. The molecule has 7 nitrogen and oxygen atoms in total. The number of ether oxygens (including phenoxy) is 1. The highest BCUT2D eigenvalue weighted by Crippen LogP contribution is 2.19. The van der Waals surface area contributed by atoms with Crippen molar-refractivity contribution in [3.63, 3.8) is 0 Å². The van der Waals surface area contributed by atoms with E-state index in [4.69, 9.17) is 4.74 Å². The van der Waals surface area contributed by atoms with E-state index in [1.54, 1.807) is 17.7 Å². The standard InChI is InChI=1S/C19H29N3O4/c1-14-4-8-22(12-15-3-2-7-20-11-15)18(24)16(14)17(23)21-13-19(25)5-9-26-10-6-19/h4,8,15,20,25H,2-3,5-7,9-13H2,1H3,(H,21,23). The Morgan fingerprint density at radius 3 is 2.92 bits per heavy atom. The lowest BCUT2D eigenvalue weighted by atomic mass is 9.94. The minimum Gasteiger partial charge on any atom is -0.388 e. The van der Waals surface area contributed by atoms with E-state index < -0.39 is 11.5 Å². The summed E-state index contributed by atoms with van der Waals surface area (Å²) in [4.78, 5) is 25.5. The van der Waals surface area contributed by atoms with Crippen LogP contribution in [0.15, 0.2) is 17.1 Å². The van der Waals surface area contributed by atoms with Gasteiger partial charge in [0.2, 0.25) is 0 Å². The second kappa shape index (κ2) is 8.33. The quantitative estimate of drug-likeness (QED) is 0.705. The van der Waals surface area contributed by atoms with Gasteiger partial charge in [0, 0.05) is 45.3 Å². The second-order valence-corrected chi connectivity index (χ2v) is 7.56. The summed E-state index contributed by atoms with van der Waals surface area (Å²) >= 11 is 0. The number of aromatic nitrogens is 1. The molecule has 0 radical (unpaired) electrons. The highest BCUT2D eigenvalue weighted by molar-refractivity contribution is 5.95. The number of aliphatic hydroxyl groups is 1. The third-order valence-corrected chi connectivity index (χ3v) is 5.46. The molecule has 1 atom stereocenters. The van der Waals surface area contributed by atoms with Gasteiger partial charge in [-0.05, 0) is 50.4 Å². The summed E-state index contributed by atoms with van der Waals surface area (Å²) in [7, 11) is 0. The first-order valence-corrected chi connectivity index (χ1v) is 9.48. The molecule has 3 rings (SSSR count). The van der Waals surface area contributed by atoms with Crippen LogP contribution in [0.5, 0.6) is 0 Å². The lowest BCUT2D eigenvalue weighted by molar-refractivity contribution is -0.0605. The molecule has 2 aliphatic heterocycles. The fraction of sp³-hybridized carbons (Fsp3) is 0.684. The number of rotatable bonds is 5. The van der Waals surface area contributed by atoms with Crippen LogP contribution in [0.3, 0.4) is 0 Å². The number of amides is 1. The minimum atomic E-state index is -0.955. The Balaban J connectivity index is 1.70. The van der Waals surface area contributed by atoms with Crippen LogP contribution in [0.25, 0.3) is 0 Å². The average molecular weight is 363 g/mol. The van der Waals surface area contributed by atoms with Gasteiger partial charge in [0.25, 0.3) is 11.5 Å². The van der Waals surface area contributed by atoms with E-state index in [0.29, 0.717) is 44.1 Å². The molecule has 0 aromatic carbocycles. The van der Waals surface area contributed by atoms with Crippen molar-refractivity contribution in [1.29, 1.82) is 0 Å². The van der Waals surface area contributed by atoms with Crippen molar-refractivity contribution in [1.82, 2.24) is 15.2 Å². The van der Waals surface area contributed by atoms with Gasteiger partial charge in [-0.15, -0.1) is 0 Å². The number of carbonyl (C=O) groups is 1. The molecule has 144 valence electrons. The Morgan fingerprint density at radius 2 is 2.23 bits per heavy atom. The number of hydrogen-bond donors (Lipinski definition) is 3. The van der Waals surface area contributed by atoms with E-state index in [0.717, 1.165) is 25.9 Å². The van der Waals surface area contributed by atoms with Gasteiger partial charge < -0.3 is 25.0 Å². The number of nitrogens with one attached hydrogen (secondary N) is 2. The number of aryl methyl sites for hydroxylation is 1. The predicted molar refractivity (Wildman–Crippen MR) is 98.4 cm³/mol. The molecule has 1 aromatic rings. The van der Waals surface area contributed by atoms with Crippen LogP contribution in [-0.4, -0.2) is 54.0 Å². The molecule has 0 bridgehead atoms. The Kier molecular flexibility index (Phi) is 6.11. The maximum atomic E-state index is 12.8. The highest BCUT2D eigenvalue weighted by atomic mass is 16.5. The number of nitrogens with zero attached hydrogens (tertiary/aromatic N) is 1. The topological polar surface area (TPSA) is 92.6 Å². The lowest BCUT2D eigenvalue weighted by Crippen LogP contribution is -2.47. The van der Waals surface area contributed by atoms with Crippen molar-refractivity contribution in [2.75, 3.05) is 32.8 Å². The SMILES string of the molecule is Cc1ccn(CC2CCCNC2)c(=O)c1C(=O)NCC1(O)CCOCC1. The summed E-state index contributed by atoms with van der Waals surface area (Å²) < 4.78 is 6.89. The molecule has 26 heavy (non-hydrogen) atoms. The normalized spacial score (nSPS) is 22.8. The van der Waals surface area contributed by atoms with Crippen LogP contribution < -0.4 is 16.2 Å². The Bertz CT molecular complexity index is 689. The number of hydrogen-bond acceptors (Lipinski definition) is 5. The molecule has 3 heterocycles. The van der Waals surface area contributed by atoms with Gasteiger partial charge in [0.15, 0.2) is 0 Å². The average Bonchev–Trinajstić information content (AvgIpc) is 2.64. The number of pyridine rings is 1. The molecule has 0 aliphatic carbocycles. The van der Waals surface area contributed by atoms with E-state index in [-0.39, 0.29) is 17.7 Å². The van der Waals surface area contributed by atoms with Gasteiger partial charge in [0.1, 0.15) is 5.56 Å². The lowest BCUT2D eigenvalue weighted by Gasteiger charge is -2.32. The molecule has 7 heteroatoms. The van der Waals surface area contributed by atoms with Gasteiger partial charge in [-0.1, -0.05) is 0 Å². The van der Waals surface area contributed by atoms with E-state index >= 15 is 0 Å². The van der Waals surface area contributed by atoms with Gasteiger partial charge in [-0.2, -0.15) is 0 Å². The van der Waals surface area contributed by atoms with Gasteiger partial charge in [0.05, 0.1) is 5.60 Å². The fourth-order valence-corrected chi connectivity index (χ4v) is 3.70. The zero-order chi connectivity index (χ0) is 18.6. The van der Waals surface area contributed by atoms with Crippen LogP contribution >= 0.6 is 0 Å². The predicted octanol–water partition coefficient (Wildman–Crippen LogP) is 0.428. The zero-order valence-electron chi connectivity index (χ0n) is 15.4. The maximum Gasteiger partial charge on any atom is 0.263 e. The van der Waals surface area contributed by atoms with E-state index in [1.165, 1.54) is 0 Å². The van der Waals surface area contributed by atoms with E-state index in [2.05, 4.69) is 10.6 Å². The number of piperidine rings is 1. The smallest absolute Gasteiger partial charge is 0.263 e. The van der Waals surface area contributed by atoms with Crippen molar-refractivity contribution in [3.05, 3.63) is 33.7 Å². The molecule has 0 saturated carbocycles. The molecular formula is C19H29N3O4. The molecule has 1 aromatic heterocycles.